The van der Waals surface area contributed by atoms with Gasteiger partial charge in [0.05, 0.1) is 0 Å². The van der Waals surface area contributed by atoms with E-state index in [9.17, 15) is 4.79 Å². The second-order valence-electron chi connectivity index (χ2n) is 5.67. The average molecular weight is 190 g/mol. The quantitative estimate of drug-likeness (QED) is 0.537. The van der Waals surface area contributed by atoms with Crippen molar-refractivity contribution in [3.63, 3.8) is 0 Å². The third kappa shape index (κ3) is 0.838. The van der Waals surface area contributed by atoms with Crippen LogP contribution in [0.15, 0.2) is 11.6 Å². The van der Waals surface area contributed by atoms with E-state index in [-0.39, 0.29) is 0 Å². The molecule has 4 atom stereocenters. The van der Waals surface area contributed by atoms with E-state index in [1.54, 1.807) is 5.57 Å². The summed E-state index contributed by atoms with van der Waals surface area (Å²) in [5, 5.41) is 0. The van der Waals surface area contributed by atoms with E-state index in [1.807, 2.05) is 0 Å². The molecule has 1 heteroatoms. The maximum absolute atomic E-state index is 12.1. The normalized spacial score (nSPS) is 50.6. The summed E-state index contributed by atoms with van der Waals surface area (Å²) >= 11 is 0. The number of allylic oxidation sites excluding steroid dienone is 2. The highest BCUT2D eigenvalue weighted by atomic mass is 16.1. The first-order chi connectivity index (χ1) is 6.63. The minimum atomic E-state index is 0.324. The molecule has 4 rings (SSSR count). The summed E-state index contributed by atoms with van der Waals surface area (Å²) in [6.45, 7) is 4.61. The van der Waals surface area contributed by atoms with Crippen LogP contribution < -0.4 is 0 Å². The molecule has 0 aromatic carbocycles. The highest BCUT2D eigenvalue weighted by Crippen LogP contribution is 2.60. The van der Waals surface area contributed by atoms with E-state index in [4.69, 9.17) is 0 Å². The summed E-state index contributed by atoms with van der Waals surface area (Å²) < 4.78 is 0. The molecule has 0 spiro atoms. The fraction of sp³-hybridized carbons (Fsp3) is 0.769. The molecule has 0 N–H and O–H groups in total. The molecule has 4 aliphatic rings. The molecule has 4 aliphatic carbocycles. The number of hydrogen-bond acceptors (Lipinski definition) is 1. The molecular weight excluding hydrogens is 172 g/mol. The zero-order valence-electron chi connectivity index (χ0n) is 9.05. The van der Waals surface area contributed by atoms with Crippen LogP contribution in [-0.4, -0.2) is 5.78 Å². The van der Waals surface area contributed by atoms with Crippen LogP contribution in [-0.2, 0) is 4.79 Å². The fourth-order valence-corrected chi connectivity index (χ4v) is 4.15. The highest BCUT2D eigenvalue weighted by molar-refractivity contribution is 5.86. The first-order valence-corrected chi connectivity index (χ1v) is 5.83. The van der Waals surface area contributed by atoms with Gasteiger partial charge in [-0.05, 0) is 43.9 Å². The molecule has 0 saturated heterocycles. The smallest absolute Gasteiger partial charge is 0.139 e. The summed E-state index contributed by atoms with van der Waals surface area (Å²) in [5.74, 6) is 2.08. The van der Waals surface area contributed by atoms with Gasteiger partial charge < -0.3 is 0 Å². The number of carbonyl (C=O) groups excluding carboxylic acids is 1. The molecule has 76 valence electrons. The summed E-state index contributed by atoms with van der Waals surface area (Å²) in [6, 6.07) is 0. The maximum atomic E-state index is 12.1. The number of hydrogen-bond donors (Lipinski definition) is 0. The maximum Gasteiger partial charge on any atom is 0.139 e. The van der Waals surface area contributed by atoms with E-state index in [0.29, 0.717) is 23.0 Å². The van der Waals surface area contributed by atoms with Crippen molar-refractivity contribution in [1.29, 1.82) is 0 Å². The molecule has 0 aromatic heterocycles. The van der Waals surface area contributed by atoms with Gasteiger partial charge in [0.25, 0.3) is 0 Å². The molecule has 0 radical (unpaired) electrons. The minimum Gasteiger partial charge on any atom is -0.299 e. The van der Waals surface area contributed by atoms with E-state index in [0.717, 1.165) is 25.2 Å². The van der Waals surface area contributed by atoms with Gasteiger partial charge in [0.15, 0.2) is 0 Å². The lowest BCUT2D eigenvalue weighted by molar-refractivity contribution is -0.147. The molecule has 3 saturated carbocycles. The van der Waals surface area contributed by atoms with Crippen molar-refractivity contribution < 1.29 is 4.79 Å². The van der Waals surface area contributed by atoms with E-state index >= 15 is 0 Å². The lowest BCUT2D eigenvalue weighted by Crippen LogP contribution is -2.54. The van der Waals surface area contributed by atoms with Gasteiger partial charge >= 0.3 is 0 Å². The first-order valence-electron chi connectivity index (χ1n) is 5.83. The predicted octanol–water partition coefficient (Wildman–Crippen LogP) is 2.96. The minimum absolute atomic E-state index is 0.324. The van der Waals surface area contributed by atoms with Crippen molar-refractivity contribution >= 4 is 5.78 Å². The molecular formula is C13H18O. The van der Waals surface area contributed by atoms with Crippen LogP contribution in [0.4, 0.5) is 0 Å². The number of fused-ring (bicyclic) bond motifs is 1. The van der Waals surface area contributed by atoms with Crippen LogP contribution in [0, 0.1) is 23.2 Å². The average Bonchev–Trinajstić information content (AvgIpc) is 2.15. The van der Waals surface area contributed by atoms with Crippen molar-refractivity contribution in [1.82, 2.24) is 0 Å². The summed E-state index contributed by atoms with van der Waals surface area (Å²) in [7, 11) is 0. The van der Waals surface area contributed by atoms with Crippen molar-refractivity contribution in [3.8, 4) is 0 Å². The Morgan fingerprint density at radius 3 is 3.00 bits per heavy atom. The molecule has 3 fully saturated rings. The topological polar surface area (TPSA) is 17.1 Å². The Balaban J connectivity index is 2.11. The Morgan fingerprint density at radius 1 is 1.43 bits per heavy atom. The van der Waals surface area contributed by atoms with Crippen molar-refractivity contribution in [2.75, 3.05) is 0 Å². The Hall–Kier alpha value is -0.590. The molecule has 0 aromatic rings. The van der Waals surface area contributed by atoms with Crippen LogP contribution in [0.2, 0.25) is 0 Å². The Morgan fingerprint density at radius 2 is 2.21 bits per heavy atom. The van der Waals surface area contributed by atoms with Crippen LogP contribution in [0.25, 0.3) is 0 Å². The molecule has 0 aliphatic heterocycles. The molecule has 0 heterocycles. The zero-order chi connectivity index (χ0) is 9.92. The Kier molecular flexibility index (Phi) is 1.55. The highest BCUT2D eigenvalue weighted by Gasteiger charge is 2.56. The van der Waals surface area contributed by atoms with Crippen LogP contribution in [0.5, 0.6) is 0 Å². The van der Waals surface area contributed by atoms with Gasteiger partial charge in [-0.25, -0.2) is 0 Å². The molecule has 4 bridgehead atoms. The van der Waals surface area contributed by atoms with E-state index in [1.165, 1.54) is 6.42 Å². The van der Waals surface area contributed by atoms with Crippen LogP contribution >= 0.6 is 0 Å². The first kappa shape index (κ1) is 8.70. The monoisotopic (exact) mass is 190 g/mol. The number of carbonyl (C=O) groups is 1. The van der Waals surface area contributed by atoms with Gasteiger partial charge in [-0.15, -0.1) is 0 Å². The lowest BCUT2D eigenvalue weighted by Gasteiger charge is -2.56. The third-order valence-electron chi connectivity index (χ3n) is 5.11. The van der Waals surface area contributed by atoms with Gasteiger partial charge in [0.1, 0.15) is 5.78 Å². The zero-order valence-corrected chi connectivity index (χ0v) is 9.05. The van der Waals surface area contributed by atoms with Gasteiger partial charge in [-0.1, -0.05) is 18.6 Å². The van der Waals surface area contributed by atoms with Crippen molar-refractivity contribution in [2.24, 2.45) is 23.2 Å². The lowest BCUT2D eigenvalue weighted by atomic mass is 9.46. The predicted molar refractivity (Wildman–Crippen MR) is 55.8 cm³/mol. The fourth-order valence-electron chi connectivity index (χ4n) is 4.15. The molecule has 0 amide bonds. The SMILES string of the molecule is CC1=CCC2C(=O)C3CCC2(C)C1C3. The number of rotatable bonds is 0. The number of Topliss-reactive ketones (excluding diaryl/α,β-unsaturated/α-hetero) is 1. The van der Waals surface area contributed by atoms with Crippen molar-refractivity contribution in [2.45, 2.75) is 39.5 Å². The van der Waals surface area contributed by atoms with E-state index < -0.39 is 0 Å². The summed E-state index contributed by atoms with van der Waals surface area (Å²) in [4.78, 5) is 12.1. The van der Waals surface area contributed by atoms with Gasteiger partial charge in [0, 0.05) is 11.8 Å². The second-order valence-corrected chi connectivity index (χ2v) is 5.67. The van der Waals surface area contributed by atoms with Gasteiger partial charge in [0.2, 0.25) is 0 Å². The van der Waals surface area contributed by atoms with E-state index in [2.05, 4.69) is 19.9 Å². The molecule has 14 heavy (non-hydrogen) atoms. The van der Waals surface area contributed by atoms with Crippen LogP contribution in [0.3, 0.4) is 0 Å². The Bertz CT molecular complexity index is 324. The molecule has 1 nitrogen and oxygen atoms in total. The number of ketones is 1. The molecule has 4 unspecified atom stereocenters. The standard InChI is InChI=1S/C13H18O/c1-8-3-4-10-12(14)9-5-6-13(10,2)11(8)7-9/h3,9-11H,4-7H2,1-2H3. The largest absolute Gasteiger partial charge is 0.299 e. The van der Waals surface area contributed by atoms with Crippen LogP contribution in [0.1, 0.15) is 39.5 Å². The Labute approximate surface area is 85.6 Å². The van der Waals surface area contributed by atoms with Gasteiger partial charge in [-0.2, -0.15) is 0 Å². The third-order valence-corrected chi connectivity index (χ3v) is 5.11. The summed E-state index contributed by atoms with van der Waals surface area (Å²) in [6.07, 6.45) is 6.93. The van der Waals surface area contributed by atoms with Gasteiger partial charge in [-0.3, -0.25) is 4.79 Å². The second kappa shape index (κ2) is 2.50. The summed E-state index contributed by atoms with van der Waals surface area (Å²) in [5.41, 5.74) is 1.88. The van der Waals surface area contributed by atoms with Crippen molar-refractivity contribution in [3.05, 3.63) is 11.6 Å².